The summed E-state index contributed by atoms with van der Waals surface area (Å²) in [5.41, 5.74) is 2.54. The molecule has 0 spiro atoms. The second-order valence-corrected chi connectivity index (χ2v) is 5.99. The first-order valence-electron chi connectivity index (χ1n) is 7.77. The molecule has 1 N–H and O–H groups in total. The van der Waals surface area contributed by atoms with Gasteiger partial charge in [0.2, 0.25) is 0 Å². The molecule has 2 rings (SSSR count). The highest BCUT2D eigenvalue weighted by atomic mass is 16.5. The first-order chi connectivity index (χ1) is 9.65. The summed E-state index contributed by atoms with van der Waals surface area (Å²) in [6.45, 7) is 8.48. The topological polar surface area (TPSA) is 24.5 Å². The van der Waals surface area contributed by atoms with E-state index in [0.29, 0.717) is 0 Å². The molecule has 0 bridgehead atoms. The van der Waals surface area contributed by atoms with Crippen molar-refractivity contribution in [2.24, 2.45) is 0 Å². The summed E-state index contributed by atoms with van der Waals surface area (Å²) in [5.74, 6) is 1.01. The van der Waals surface area contributed by atoms with Crippen LogP contribution >= 0.6 is 0 Å². The first-order valence-corrected chi connectivity index (χ1v) is 7.77. The van der Waals surface area contributed by atoms with Gasteiger partial charge in [0.1, 0.15) is 5.75 Å². The molecular weight excluding hydrogens is 248 g/mol. The minimum absolute atomic E-state index is 0.748. The van der Waals surface area contributed by atoms with Gasteiger partial charge in [0.15, 0.2) is 0 Å². The van der Waals surface area contributed by atoms with Crippen molar-refractivity contribution in [3.05, 3.63) is 29.3 Å². The van der Waals surface area contributed by atoms with Gasteiger partial charge in [-0.15, -0.1) is 0 Å². The van der Waals surface area contributed by atoms with Gasteiger partial charge in [-0.3, -0.25) is 0 Å². The molecule has 1 aromatic carbocycles. The summed E-state index contributed by atoms with van der Waals surface area (Å²) in [7, 11) is 2.24. The van der Waals surface area contributed by atoms with Crippen LogP contribution in [-0.4, -0.2) is 44.2 Å². The monoisotopic (exact) mass is 276 g/mol. The normalized spacial score (nSPS) is 16.6. The molecule has 1 saturated heterocycles. The Kier molecular flexibility index (Phi) is 5.86. The molecule has 1 aliphatic heterocycles. The third-order valence-electron chi connectivity index (χ3n) is 4.05. The minimum atomic E-state index is 0.748. The van der Waals surface area contributed by atoms with Crippen molar-refractivity contribution in [1.29, 1.82) is 0 Å². The van der Waals surface area contributed by atoms with Gasteiger partial charge in [-0.05, 0) is 76.5 Å². The van der Waals surface area contributed by atoms with Gasteiger partial charge >= 0.3 is 0 Å². The molecule has 1 aliphatic rings. The van der Waals surface area contributed by atoms with Crippen LogP contribution in [0.25, 0.3) is 0 Å². The van der Waals surface area contributed by atoms with Gasteiger partial charge in [0.25, 0.3) is 0 Å². The Labute approximate surface area is 123 Å². The lowest BCUT2D eigenvalue weighted by atomic mass is 10.1. The number of benzene rings is 1. The Balaban J connectivity index is 1.67. The van der Waals surface area contributed by atoms with Gasteiger partial charge in [0.05, 0.1) is 6.61 Å². The standard InChI is InChI=1S/C17H28N2O/c1-14-11-15(2)13-17(12-14)20-10-4-9-19(3)16-5-7-18-8-6-16/h11-13,16,18H,4-10H2,1-3H3. The van der Waals surface area contributed by atoms with E-state index in [4.69, 9.17) is 4.74 Å². The molecule has 20 heavy (non-hydrogen) atoms. The van der Waals surface area contributed by atoms with Crippen LogP contribution in [0.3, 0.4) is 0 Å². The SMILES string of the molecule is Cc1cc(C)cc(OCCCN(C)C2CCNCC2)c1. The number of ether oxygens (including phenoxy) is 1. The quantitative estimate of drug-likeness (QED) is 0.809. The molecule has 1 fully saturated rings. The predicted octanol–water partition coefficient (Wildman–Crippen LogP) is 2.76. The molecule has 0 aliphatic carbocycles. The van der Waals surface area contributed by atoms with E-state index in [9.17, 15) is 0 Å². The molecule has 3 nitrogen and oxygen atoms in total. The number of nitrogens with zero attached hydrogens (tertiary/aromatic N) is 1. The van der Waals surface area contributed by atoms with E-state index in [1.807, 2.05) is 0 Å². The third-order valence-corrected chi connectivity index (χ3v) is 4.05. The smallest absolute Gasteiger partial charge is 0.119 e. The lowest BCUT2D eigenvalue weighted by molar-refractivity contribution is 0.183. The van der Waals surface area contributed by atoms with E-state index in [0.717, 1.165) is 44.5 Å². The van der Waals surface area contributed by atoms with Crippen LogP contribution in [0.4, 0.5) is 0 Å². The fraction of sp³-hybridized carbons (Fsp3) is 0.647. The summed E-state index contributed by atoms with van der Waals surface area (Å²) in [4.78, 5) is 2.49. The molecule has 0 radical (unpaired) electrons. The van der Waals surface area contributed by atoms with Crippen molar-refractivity contribution in [1.82, 2.24) is 10.2 Å². The van der Waals surface area contributed by atoms with Gasteiger partial charge < -0.3 is 15.0 Å². The Bertz CT molecular complexity index is 393. The minimum Gasteiger partial charge on any atom is -0.494 e. The second-order valence-electron chi connectivity index (χ2n) is 5.99. The molecule has 0 saturated carbocycles. The zero-order valence-corrected chi connectivity index (χ0v) is 13.1. The molecule has 1 aromatic rings. The largest absolute Gasteiger partial charge is 0.494 e. The molecule has 1 heterocycles. The van der Waals surface area contributed by atoms with Gasteiger partial charge in [-0.1, -0.05) is 6.07 Å². The average Bonchev–Trinajstić information content (AvgIpc) is 2.43. The summed E-state index contributed by atoms with van der Waals surface area (Å²) in [6.07, 6.45) is 3.64. The van der Waals surface area contributed by atoms with Crippen LogP contribution in [0.15, 0.2) is 18.2 Å². The van der Waals surface area contributed by atoms with Crippen molar-refractivity contribution in [3.63, 3.8) is 0 Å². The van der Waals surface area contributed by atoms with Crippen LogP contribution < -0.4 is 10.1 Å². The molecule has 0 aromatic heterocycles. The number of hydrogen-bond donors (Lipinski definition) is 1. The van der Waals surface area contributed by atoms with Crippen LogP contribution in [0.5, 0.6) is 5.75 Å². The van der Waals surface area contributed by atoms with E-state index >= 15 is 0 Å². The number of nitrogens with one attached hydrogen (secondary N) is 1. The number of aryl methyl sites for hydroxylation is 2. The summed E-state index contributed by atoms with van der Waals surface area (Å²) in [5, 5.41) is 3.42. The highest BCUT2D eigenvalue weighted by Crippen LogP contribution is 2.16. The fourth-order valence-electron chi connectivity index (χ4n) is 2.95. The van der Waals surface area contributed by atoms with Gasteiger partial charge in [-0.2, -0.15) is 0 Å². The average molecular weight is 276 g/mol. The molecule has 3 heteroatoms. The Morgan fingerprint density at radius 2 is 1.80 bits per heavy atom. The lowest BCUT2D eigenvalue weighted by Crippen LogP contribution is -2.41. The van der Waals surface area contributed by atoms with Crippen LogP contribution in [0.1, 0.15) is 30.4 Å². The lowest BCUT2D eigenvalue weighted by Gasteiger charge is -2.31. The maximum Gasteiger partial charge on any atom is 0.119 e. The number of rotatable bonds is 6. The van der Waals surface area contributed by atoms with E-state index in [2.05, 4.69) is 49.3 Å². The van der Waals surface area contributed by atoms with Crippen molar-refractivity contribution in [2.45, 2.75) is 39.2 Å². The molecule has 112 valence electrons. The van der Waals surface area contributed by atoms with Crippen molar-refractivity contribution >= 4 is 0 Å². The van der Waals surface area contributed by atoms with Crippen LogP contribution in [0, 0.1) is 13.8 Å². The molecule has 0 atom stereocenters. The third kappa shape index (κ3) is 4.80. The van der Waals surface area contributed by atoms with E-state index in [1.54, 1.807) is 0 Å². The van der Waals surface area contributed by atoms with E-state index in [1.165, 1.54) is 24.0 Å². The molecule has 0 amide bonds. The van der Waals surface area contributed by atoms with Crippen LogP contribution in [-0.2, 0) is 0 Å². The molecule has 0 unspecified atom stereocenters. The highest BCUT2D eigenvalue weighted by Gasteiger charge is 2.16. The van der Waals surface area contributed by atoms with E-state index < -0.39 is 0 Å². The fourth-order valence-corrected chi connectivity index (χ4v) is 2.95. The van der Waals surface area contributed by atoms with Crippen molar-refractivity contribution in [2.75, 3.05) is 33.3 Å². The number of hydrogen-bond acceptors (Lipinski definition) is 3. The highest BCUT2D eigenvalue weighted by molar-refractivity contribution is 5.32. The molecular formula is C17H28N2O. The zero-order chi connectivity index (χ0) is 14.4. The number of piperidine rings is 1. The Hall–Kier alpha value is -1.06. The van der Waals surface area contributed by atoms with Crippen molar-refractivity contribution < 1.29 is 4.74 Å². The summed E-state index contributed by atoms with van der Waals surface area (Å²) >= 11 is 0. The Morgan fingerprint density at radius 1 is 1.15 bits per heavy atom. The van der Waals surface area contributed by atoms with Crippen LogP contribution in [0.2, 0.25) is 0 Å². The summed E-state index contributed by atoms with van der Waals surface area (Å²) in [6, 6.07) is 7.16. The van der Waals surface area contributed by atoms with Crippen molar-refractivity contribution in [3.8, 4) is 5.75 Å². The maximum absolute atomic E-state index is 5.87. The predicted molar refractivity (Wildman–Crippen MR) is 84.5 cm³/mol. The zero-order valence-electron chi connectivity index (χ0n) is 13.1. The van der Waals surface area contributed by atoms with Gasteiger partial charge in [-0.25, -0.2) is 0 Å². The van der Waals surface area contributed by atoms with E-state index in [-0.39, 0.29) is 0 Å². The summed E-state index contributed by atoms with van der Waals surface area (Å²) < 4.78 is 5.87. The van der Waals surface area contributed by atoms with Gasteiger partial charge in [0, 0.05) is 12.6 Å². The second kappa shape index (κ2) is 7.65. The first kappa shape index (κ1) is 15.3. The Morgan fingerprint density at radius 3 is 2.45 bits per heavy atom. The maximum atomic E-state index is 5.87.